The second-order valence-electron chi connectivity index (χ2n) is 5.21. The van der Waals surface area contributed by atoms with Crippen LogP contribution in [0.5, 0.6) is 0 Å². The molecule has 2 unspecified atom stereocenters. The zero-order valence-electron chi connectivity index (χ0n) is 10.8. The Morgan fingerprint density at radius 3 is 2.20 bits per heavy atom. The lowest BCUT2D eigenvalue weighted by molar-refractivity contribution is -0.00719. The predicted molar refractivity (Wildman–Crippen MR) is 63.7 cm³/mol. The molecule has 0 aliphatic heterocycles. The second-order valence-corrected chi connectivity index (χ2v) is 5.21. The maximum Gasteiger partial charge on any atom is 0.0623 e. The van der Waals surface area contributed by atoms with E-state index in [2.05, 4.69) is 13.8 Å². The molecule has 0 aromatic rings. The molecule has 0 saturated carbocycles. The number of aliphatic hydroxyl groups is 1. The molecule has 0 rings (SSSR count). The summed E-state index contributed by atoms with van der Waals surface area (Å²) in [4.78, 5) is 0. The highest BCUT2D eigenvalue weighted by molar-refractivity contribution is 4.77. The van der Waals surface area contributed by atoms with Gasteiger partial charge in [-0.25, -0.2) is 0 Å². The predicted octanol–water partition coefficient (Wildman–Crippen LogP) is 1.78. The Hall–Kier alpha value is -0.120. The van der Waals surface area contributed by atoms with E-state index in [0.29, 0.717) is 12.5 Å². The molecule has 0 aromatic carbocycles. The monoisotopic (exact) mass is 217 g/mol. The molecular weight excluding hydrogens is 190 g/mol. The average molecular weight is 217 g/mol. The summed E-state index contributed by atoms with van der Waals surface area (Å²) in [5.74, 6) is 0.619. The number of aliphatic hydroxyl groups excluding tert-OH is 1. The zero-order chi connectivity index (χ0) is 12.1. The van der Waals surface area contributed by atoms with Gasteiger partial charge in [0.05, 0.1) is 11.7 Å². The fourth-order valence-electron chi connectivity index (χ4n) is 1.69. The Kier molecular flexibility index (Phi) is 6.41. The van der Waals surface area contributed by atoms with Gasteiger partial charge in [-0.3, -0.25) is 0 Å². The molecule has 0 radical (unpaired) electrons. The fourth-order valence-corrected chi connectivity index (χ4v) is 1.69. The minimum absolute atomic E-state index is 0.156. The third kappa shape index (κ3) is 5.50. The maximum atomic E-state index is 10.0. The minimum Gasteiger partial charge on any atom is -0.393 e. The topological polar surface area (TPSA) is 55.5 Å². The van der Waals surface area contributed by atoms with Crippen LogP contribution in [0.2, 0.25) is 0 Å². The molecule has 3 N–H and O–H groups in total. The first-order valence-electron chi connectivity index (χ1n) is 5.77. The zero-order valence-corrected chi connectivity index (χ0v) is 10.8. The molecule has 3 heteroatoms. The van der Waals surface area contributed by atoms with Gasteiger partial charge in [-0.1, -0.05) is 13.8 Å². The van der Waals surface area contributed by atoms with Crippen LogP contribution in [0, 0.1) is 11.8 Å². The molecule has 92 valence electrons. The molecule has 0 aliphatic rings. The average Bonchev–Trinajstić information content (AvgIpc) is 2.15. The number of methoxy groups -OCH3 is 1. The molecule has 3 nitrogen and oxygen atoms in total. The lowest BCUT2D eigenvalue weighted by Crippen LogP contribution is -2.34. The highest BCUT2D eigenvalue weighted by Gasteiger charge is 2.24. The molecular formula is C12H27NO2. The SMILES string of the molecule is COC(C)(C)CCC(O)C(CN)C(C)C. The molecule has 0 saturated heterocycles. The van der Waals surface area contributed by atoms with E-state index in [1.807, 2.05) is 13.8 Å². The van der Waals surface area contributed by atoms with Crippen LogP contribution in [0.3, 0.4) is 0 Å². The number of hydrogen-bond acceptors (Lipinski definition) is 3. The number of hydrogen-bond donors (Lipinski definition) is 2. The highest BCUT2D eigenvalue weighted by atomic mass is 16.5. The van der Waals surface area contributed by atoms with Crippen molar-refractivity contribution in [3.8, 4) is 0 Å². The number of ether oxygens (including phenoxy) is 1. The normalized spacial score (nSPS) is 16.8. The van der Waals surface area contributed by atoms with Gasteiger partial charge >= 0.3 is 0 Å². The first-order valence-corrected chi connectivity index (χ1v) is 5.77. The van der Waals surface area contributed by atoms with E-state index in [1.54, 1.807) is 7.11 Å². The van der Waals surface area contributed by atoms with Crippen LogP contribution in [0.25, 0.3) is 0 Å². The smallest absolute Gasteiger partial charge is 0.0623 e. The van der Waals surface area contributed by atoms with Crippen molar-refractivity contribution in [2.75, 3.05) is 13.7 Å². The number of rotatable bonds is 7. The molecule has 0 aromatic heterocycles. The van der Waals surface area contributed by atoms with Crippen molar-refractivity contribution in [2.24, 2.45) is 17.6 Å². The summed E-state index contributed by atoms with van der Waals surface area (Å²) in [7, 11) is 1.70. The highest BCUT2D eigenvalue weighted by Crippen LogP contribution is 2.22. The summed E-state index contributed by atoms with van der Waals surface area (Å²) < 4.78 is 5.32. The summed E-state index contributed by atoms with van der Waals surface area (Å²) in [6, 6.07) is 0. The van der Waals surface area contributed by atoms with E-state index in [-0.39, 0.29) is 17.6 Å². The van der Waals surface area contributed by atoms with Crippen LogP contribution in [0.4, 0.5) is 0 Å². The Balaban J connectivity index is 4.06. The maximum absolute atomic E-state index is 10.0. The fraction of sp³-hybridized carbons (Fsp3) is 1.00. The molecule has 0 heterocycles. The van der Waals surface area contributed by atoms with E-state index < -0.39 is 0 Å². The van der Waals surface area contributed by atoms with E-state index in [4.69, 9.17) is 10.5 Å². The molecule has 0 spiro atoms. The van der Waals surface area contributed by atoms with Crippen molar-refractivity contribution >= 4 is 0 Å². The van der Waals surface area contributed by atoms with Gasteiger partial charge in [0.15, 0.2) is 0 Å². The largest absolute Gasteiger partial charge is 0.393 e. The first-order chi connectivity index (χ1) is 6.84. The molecule has 0 aliphatic carbocycles. The quantitative estimate of drug-likeness (QED) is 0.683. The number of nitrogens with two attached hydrogens (primary N) is 1. The Bertz CT molecular complexity index is 169. The first kappa shape index (κ1) is 14.9. The summed E-state index contributed by atoms with van der Waals surface area (Å²) in [5.41, 5.74) is 5.50. The second kappa shape index (κ2) is 6.46. The van der Waals surface area contributed by atoms with Gasteiger partial charge in [0, 0.05) is 7.11 Å². The van der Waals surface area contributed by atoms with E-state index in [0.717, 1.165) is 12.8 Å². The standard InChI is InChI=1S/C12H27NO2/c1-9(2)10(8-13)11(14)6-7-12(3,4)15-5/h9-11,14H,6-8,13H2,1-5H3. The van der Waals surface area contributed by atoms with Crippen molar-refractivity contribution in [1.82, 2.24) is 0 Å². The van der Waals surface area contributed by atoms with Crippen LogP contribution >= 0.6 is 0 Å². The van der Waals surface area contributed by atoms with Crippen LogP contribution < -0.4 is 5.73 Å². The van der Waals surface area contributed by atoms with Crippen molar-refractivity contribution in [3.63, 3.8) is 0 Å². The molecule has 0 fully saturated rings. The molecule has 0 bridgehead atoms. The summed E-state index contributed by atoms with van der Waals surface area (Å²) in [5, 5.41) is 10.0. The van der Waals surface area contributed by atoms with Crippen molar-refractivity contribution in [3.05, 3.63) is 0 Å². The van der Waals surface area contributed by atoms with Crippen molar-refractivity contribution < 1.29 is 9.84 Å². The third-order valence-electron chi connectivity index (χ3n) is 3.22. The Labute approximate surface area is 94.0 Å². The van der Waals surface area contributed by atoms with Crippen molar-refractivity contribution in [1.29, 1.82) is 0 Å². The lowest BCUT2D eigenvalue weighted by Gasteiger charge is -2.29. The molecule has 2 atom stereocenters. The molecule has 15 heavy (non-hydrogen) atoms. The van der Waals surface area contributed by atoms with Crippen molar-refractivity contribution in [2.45, 2.75) is 52.2 Å². The Morgan fingerprint density at radius 1 is 1.33 bits per heavy atom. The van der Waals surface area contributed by atoms with E-state index in [1.165, 1.54) is 0 Å². The van der Waals surface area contributed by atoms with Crippen LogP contribution in [0.1, 0.15) is 40.5 Å². The van der Waals surface area contributed by atoms with Crippen LogP contribution in [-0.2, 0) is 4.74 Å². The van der Waals surface area contributed by atoms with Gasteiger partial charge in [-0.2, -0.15) is 0 Å². The van der Waals surface area contributed by atoms with Gasteiger partial charge in [0.25, 0.3) is 0 Å². The van der Waals surface area contributed by atoms with Crippen LogP contribution in [0.15, 0.2) is 0 Å². The lowest BCUT2D eigenvalue weighted by atomic mass is 9.86. The van der Waals surface area contributed by atoms with Gasteiger partial charge in [0.1, 0.15) is 0 Å². The molecule has 0 amide bonds. The summed E-state index contributed by atoms with van der Waals surface area (Å²) in [6.45, 7) is 8.82. The van der Waals surface area contributed by atoms with Crippen LogP contribution in [-0.4, -0.2) is 30.5 Å². The third-order valence-corrected chi connectivity index (χ3v) is 3.22. The van der Waals surface area contributed by atoms with E-state index in [9.17, 15) is 5.11 Å². The van der Waals surface area contributed by atoms with Gasteiger partial charge in [-0.15, -0.1) is 0 Å². The minimum atomic E-state index is -0.315. The summed E-state index contributed by atoms with van der Waals surface area (Å²) >= 11 is 0. The van der Waals surface area contributed by atoms with Gasteiger partial charge < -0.3 is 15.6 Å². The van der Waals surface area contributed by atoms with E-state index >= 15 is 0 Å². The summed E-state index contributed by atoms with van der Waals surface area (Å²) in [6.07, 6.45) is 1.29. The van der Waals surface area contributed by atoms with Gasteiger partial charge in [-0.05, 0) is 45.1 Å². The Morgan fingerprint density at radius 2 is 1.87 bits per heavy atom. The van der Waals surface area contributed by atoms with Gasteiger partial charge in [0.2, 0.25) is 0 Å².